The van der Waals surface area contributed by atoms with Gasteiger partial charge in [0.15, 0.2) is 0 Å². The SMILES string of the molecule is O=C1CN(c2ccc([N+](=O)[O-])c(OC(F)F)c2)CCN1CC1CCCC1. The van der Waals surface area contributed by atoms with E-state index in [9.17, 15) is 23.7 Å². The minimum atomic E-state index is -3.16. The van der Waals surface area contributed by atoms with Crippen molar-refractivity contribution in [3.05, 3.63) is 28.3 Å². The Morgan fingerprint density at radius 2 is 2.00 bits per heavy atom. The Kier molecular flexibility index (Phi) is 5.53. The molecule has 0 unspecified atom stereocenters. The van der Waals surface area contributed by atoms with E-state index in [1.807, 2.05) is 4.90 Å². The number of carbonyl (C=O) groups excluding carboxylic acids is 1. The van der Waals surface area contributed by atoms with Crippen LogP contribution in [0.25, 0.3) is 0 Å². The van der Waals surface area contributed by atoms with Crippen molar-refractivity contribution in [2.24, 2.45) is 5.92 Å². The molecule has 1 aromatic rings. The van der Waals surface area contributed by atoms with Crippen LogP contribution in [0.2, 0.25) is 0 Å². The van der Waals surface area contributed by atoms with Crippen LogP contribution in [0.4, 0.5) is 20.2 Å². The zero-order chi connectivity index (χ0) is 18.7. The van der Waals surface area contributed by atoms with Crippen molar-refractivity contribution >= 4 is 17.3 Å². The highest BCUT2D eigenvalue weighted by molar-refractivity contribution is 5.83. The standard InChI is InChI=1S/C17H21F2N3O4/c18-17(19)26-15-9-13(5-6-14(15)22(24)25)20-7-8-21(16(23)11-20)10-12-3-1-2-4-12/h5-6,9,12,17H,1-4,7-8,10-11H2. The van der Waals surface area contributed by atoms with Crippen LogP contribution in [0, 0.1) is 16.0 Å². The van der Waals surface area contributed by atoms with Crippen LogP contribution in [-0.2, 0) is 4.79 Å². The monoisotopic (exact) mass is 369 g/mol. The van der Waals surface area contributed by atoms with Gasteiger partial charge < -0.3 is 14.5 Å². The van der Waals surface area contributed by atoms with Gasteiger partial charge in [0.2, 0.25) is 11.7 Å². The summed E-state index contributed by atoms with van der Waals surface area (Å²) in [4.78, 5) is 26.2. The van der Waals surface area contributed by atoms with Crippen molar-refractivity contribution in [2.75, 3.05) is 31.1 Å². The van der Waals surface area contributed by atoms with Gasteiger partial charge in [-0.25, -0.2) is 0 Å². The predicted molar refractivity (Wildman–Crippen MR) is 90.5 cm³/mol. The molecule has 142 valence electrons. The highest BCUT2D eigenvalue weighted by Gasteiger charge is 2.28. The Morgan fingerprint density at radius 1 is 1.27 bits per heavy atom. The van der Waals surface area contributed by atoms with Gasteiger partial charge in [-0.2, -0.15) is 8.78 Å². The van der Waals surface area contributed by atoms with Crippen LogP contribution >= 0.6 is 0 Å². The molecule has 1 aliphatic carbocycles. The molecule has 0 atom stereocenters. The molecule has 9 heteroatoms. The largest absolute Gasteiger partial charge is 0.427 e. The molecule has 1 saturated carbocycles. The molecule has 3 rings (SSSR count). The first-order valence-corrected chi connectivity index (χ1v) is 8.70. The third kappa shape index (κ3) is 4.20. The van der Waals surface area contributed by atoms with E-state index in [0.29, 0.717) is 24.7 Å². The fraction of sp³-hybridized carbons (Fsp3) is 0.588. The van der Waals surface area contributed by atoms with Crippen LogP contribution in [0.1, 0.15) is 25.7 Å². The molecule has 1 heterocycles. The molecule has 1 aromatic carbocycles. The first-order valence-electron chi connectivity index (χ1n) is 8.70. The molecule has 1 aliphatic heterocycles. The molecule has 2 aliphatic rings. The lowest BCUT2D eigenvalue weighted by Gasteiger charge is -2.36. The Hall–Kier alpha value is -2.45. The van der Waals surface area contributed by atoms with Crippen LogP contribution in [0.5, 0.6) is 5.75 Å². The van der Waals surface area contributed by atoms with E-state index in [2.05, 4.69) is 4.74 Å². The maximum absolute atomic E-state index is 12.5. The van der Waals surface area contributed by atoms with Gasteiger partial charge in [0.1, 0.15) is 0 Å². The van der Waals surface area contributed by atoms with Crippen molar-refractivity contribution in [2.45, 2.75) is 32.3 Å². The van der Waals surface area contributed by atoms with E-state index in [4.69, 9.17) is 0 Å². The summed E-state index contributed by atoms with van der Waals surface area (Å²) in [5, 5.41) is 11.0. The molecular weight excluding hydrogens is 348 g/mol. The molecule has 0 spiro atoms. The summed E-state index contributed by atoms with van der Waals surface area (Å²) in [7, 11) is 0. The Balaban J connectivity index is 1.69. The molecular formula is C17H21F2N3O4. The summed E-state index contributed by atoms with van der Waals surface area (Å²) in [6.45, 7) is -1.17. The fourth-order valence-electron chi connectivity index (χ4n) is 3.67. The Bertz CT molecular complexity index is 680. The van der Waals surface area contributed by atoms with Crippen LogP contribution in [-0.4, -0.2) is 48.5 Å². The highest BCUT2D eigenvalue weighted by atomic mass is 19.3. The van der Waals surface area contributed by atoms with Gasteiger partial charge in [-0.05, 0) is 24.8 Å². The quantitative estimate of drug-likeness (QED) is 0.569. The maximum Gasteiger partial charge on any atom is 0.387 e. The van der Waals surface area contributed by atoms with Crippen LogP contribution in [0.15, 0.2) is 18.2 Å². The number of benzene rings is 1. The number of alkyl halides is 2. The number of ether oxygens (including phenoxy) is 1. The van der Waals surface area contributed by atoms with Crippen molar-refractivity contribution in [3.8, 4) is 5.75 Å². The number of carbonyl (C=O) groups is 1. The fourth-order valence-corrected chi connectivity index (χ4v) is 3.67. The number of nitro groups is 1. The second kappa shape index (κ2) is 7.84. The van der Waals surface area contributed by atoms with Crippen molar-refractivity contribution < 1.29 is 23.2 Å². The van der Waals surface area contributed by atoms with Gasteiger partial charge in [0.25, 0.3) is 0 Å². The molecule has 0 aromatic heterocycles. The number of piperazine rings is 1. The zero-order valence-electron chi connectivity index (χ0n) is 14.3. The summed E-state index contributed by atoms with van der Waals surface area (Å²) < 4.78 is 29.3. The molecule has 1 saturated heterocycles. The van der Waals surface area contributed by atoms with Gasteiger partial charge in [0.05, 0.1) is 11.5 Å². The summed E-state index contributed by atoms with van der Waals surface area (Å²) in [5.41, 5.74) is -0.0691. The first kappa shape index (κ1) is 18.3. The number of rotatable bonds is 6. The minimum Gasteiger partial charge on any atom is -0.427 e. The molecule has 0 radical (unpaired) electrons. The van der Waals surface area contributed by atoms with Gasteiger partial charge in [0, 0.05) is 37.5 Å². The third-order valence-corrected chi connectivity index (χ3v) is 4.99. The molecule has 0 bridgehead atoms. The lowest BCUT2D eigenvalue weighted by molar-refractivity contribution is -0.386. The highest BCUT2D eigenvalue weighted by Crippen LogP contribution is 2.33. The van der Waals surface area contributed by atoms with E-state index in [1.165, 1.54) is 25.0 Å². The van der Waals surface area contributed by atoms with Crippen LogP contribution in [0.3, 0.4) is 0 Å². The van der Waals surface area contributed by atoms with Crippen molar-refractivity contribution in [1.82, 2.24) is 4.90 Å². The van der Waals surface area contributed by atoms with E-state index < -0.39 is 23.0 Å². The average Bonchev–Trinajstić information content (AvgIpc) is 3.09. The van der Waals surface area contributed by atoms with Gasteiger partial charge in [-0.15, -0.1) is 0 Å². The zero-order valence-corrected chi connectivity index (χ0v) is 14.3. The first-order chi connectivity index (χ1) is 12.4. The second-order valence-electron chi connectivity index (χ2n) is 6.70. The number of hydrogen-bond acceptors (Lipinski definition) is 5. The topological polar surface area (TPSA) is 75.9 Å². The van der Waals surface area contributed by atoms with Gasteiger partial charge in [-0.3, -0.25) is 14.9 Å². The normalized spacial score (nSPS) is 18.7. The molecule has 26 heavy (non-hydrogen) atoms. The summed E-state index contributed by atoms with van der Waals surface area (Å²) in [6, 6.07) is 3.78. The average molecular weight is 369 g/mol. The van der Waals surface area contributed by atoms with Gasteiger partial charge >= 0.3 is 12.3 Å². The van der Waals surface area contributed by atoms with Crippen molar-refractivity contribution in [1.29, 1.82) is 0 Å². The summed E-state index contributed by atoms with van der Waals surface area (Å²) in [5.74, 6) is 0.0529. The van der Waals surface area contributed by atoms with Gasteiger partial charge in [-0.1, -0.05) is 12.8 Å². The lowest BCUT2D eigenvalue weighted by Crippen LogP contribution is -2.51. The number of anilines is 1. The number of nitrogens with zero attached hydrogens (tertiary/aromatic N) is 3. The number of hydrogen-bond donors (Lipinski definition) is 0. The second-order valence-corrected chi connectivity index (χ2v) is 6.70. The van der Waals surface area contributed by atoms with Crippen LogP contribution < -0.4 is 9.64 Å². The predicted octanol–water partition coefficient (Wildman–Crippen LogP) is 3.04. The van der Waals surface area contributed by atoms with Crippen molar-refractivity contribution in [3.63, 3.8) is 0 Å². The number of nitro benzene ring substituents is 1. The van der Waals surface area contributed by atoms with E-state index in [-0.39, 0.29) is 12.5 Å². The Labute approximate surface area is 149 Å². The molecule has 7 nitrogen and oxygen atoms in total. The van der Waals surface area contributed by atoms with E-state index in [0.717, 1.165) is 25.5 Å². The molecule has 1 amide bonds. The van der Waals surface area contributed by atoms with E-state index in [1.54, 1.807) is 4.90 Å². The smallest absolute Gasteiger partial charge is 0.387 e. The van der Waals surface area contributed by atoms with E-state index >= 15 is 0 Å². The molecule has 2 fully saturated rings. The minimum absolute atomic E-state index is 0.0159. The summed E-state index contributed by atoms with van der Waals surface area (Å²) >= 11 is 0. The number of halogens is 2. The maximum atomic E-state index is 12.5. The Morgan fingerprint density at radius 3 is 2.62 bits per heavy atom. The molecule has 0 N–H and O–H groups in total. The summed E-state index contributed by atoms with van der Waals surface area (Å²) in [6.07, 6.45) is 4.75. The lowest BCUT2D eigenvalue weighted by atomic mass is 10.1. The number of amides is 1. The third-order valence-electron chi connectivity index (χ3n) is 4.99.